The lowest BCUT2D eigenvalue weighted by Crippen LogP contribution is -2.02. The minimum Gasteiger partial charge on any atom is -0.458 e. The molecule has 1 aromatic rings. The van der Waals surface area contributed by atoms with Crippen molar-refractivity contribution in [1.29, 1.82) is 0 Å². The second kappa shape index (κ2) is 20.2. The Morgan fingerprint density at radius 1 is 0.774 bits per heavy atom. The highest BCUT2D eigenvalue weighted by molar-refractivity contribution is 5.81. The van der Waals surface area contributed by atoms with Crippen LogP contribution in [0.5, 0.6) is 0 Å². The number of benzene rings is 1. The fraction of sp³-hybridized carbons (Fsp3) is 0.679. The zero-order valence-electron chi connectivity index (χ0n) is 20.1. The van der Waals surface area contributed by atoms with Gasteiger partial charge >= 0.3 is 5.97 Å². The second-order valence-corrected chi connectivity index (χ2v) is 8.74. The second-order valence-electron chi connectivity index (χ2n) is 8.74. The molecule has 0 bridgehead atoms. The molecule has 0 unspecified atom stereocenters. The van der Waals surface area contributed by atoms with E-state index < -0.39 is 0 Å². The van der Waals surface area contributed by atoms with Gasteiger partial charge in [0.15, 0.2) is 0 Å². The van der Waals surface area contributed by atoms with Crippen molar-refractivity contribution < 1.29 is 9.53 Å². The zero-order valence-corrected chi connectivity index (χ0v) is 20.1. The highest BCUT2D eigenvalue weighted by Gasteiger charge is 1.99. The fourth-order valence-electron chi connectivity index (χ4n) is 3.84. The van der Waals surface area contributed by atoms with Crippen molar-refractivity contribution >= 4 is 11.7 Å². The first-order chi connectivity index (χ1) is 15.3. The largest absolute Gasteiger partial charge is 0.458 e. The number of ether oxygens (including phenoxy) is 1. The molecule has 0 fully saturated rings. The van der Waals surface area contributed by atoms with Crippen molar-refractivity contribution in [2.45, 2.75) is 116 Å². The molecule has 0 aromatic heterocycles. The number of anilines is 1. The van der Waals surface area contributed by atoms with Crippen LogP contribution in [0.1, 0.15) is 115 Å². The van der Waals surface area contributed by atoms with Gasteiger partial charge in [-0.3, -0.25) is 0 Å². The lowest BCUT2D eigenvalue weighted by molar-refractivity contribution is -0.138. The van der Waals surface area contributed by atoms with Crippen LogP contribution in [0.2, 0.25) is 0 Å². The van der Waals surface area contributed by atoms with Crippen molar-refractivity contribution in [3.63, 3.8) is 0 Å². The first-order valence-corrected chi connectivity index (χ1v) is 12.9. The zero-order chi connectivity index (χ0) is 22.4. The molecule has 1 aromatic carbocycles. The Kier molecular flexibility index (Phi) is 17.7. The van der Waals surface area contributed by atoms with E-state index in [2.05, 4.69) is 18.8 Å². The van der Waals surface area contributed by atoms with Gasteiger partial charge in [0.25, 0.3) is 0 Å². The van der Waals surface area contributed by atoms with E-state index in [-0.39, 0.29) is 5.97 Å². The van der Waals surface area contributed by atoms with Crippen LogP contribution in [-0.2, 0) is 16.1 Å². The van der Waals surface area contributed by atoms with Gasteiger partial charge in [0.1, 0.15) is 6.61 Å². The lowest BCUT2D eigenvalue weighted by atomic mass is 10.0. The minimum absolute atomic E-state index is 0.296. The monoisotopic (exact) mass is 429 g/mol. The Balaban J connectivity index is 1.84. The predicted molar refractivity (Wildman–Crippen MR) is 134 cm³/mol. The van der Waals surface area contributed by atoms with Gasteiger partial charge in [0.05, 0.1) is 0 Å². The first-order valence-electron chi connectivity index (χ1n) is 12.9. The SMILES string of the molecule is C=CC(=O)OCc1ccc(NCCCCCCCCCCCCCCCCCC)cc1. The Labute approximate surface area is 192 Å². The molecule has 0 radical (unpaired) electrons. The molecule has 1 rings (SSSR count). The van der Waals surface area contributed by atoms with Crippen LogP contribution in [-0.4, -0.2) is 12.5 Å². The summed E-state index contributed by atoms with van der Waals surface area (Å²) in [5.41, 5.74) is 2.11. The topological polar surface area (TPSA) is 38.3 Å². The van der Waals surface area contributed by atoms with Crippen LogP contribution in [0.3, 0.4) is 0 Å². The van der Waals surface area contributed by atoms with Crippen LogP contribution in [0.4, 0.5) is 5.69 Å². The normalized spacial score (nSPS) is 10.7. The van der Waals surface area contributed by atoms with E-state index in [4.69, 9.17) is 4.74 Å². The van der Waals surface area contributed by atoms with Gasteiger partial charge < -0.3 is 10.1 Å². The fourth-order valence-corrected chi connectivity index (χ4v) is 3.84. The molecule has 176 valence electrons. The number of hydrogen-bond acceptors (Lipinski definition) is 3. The number of hydrogen-bond donors (Lipinski definition) is 1. The molecule has 3 nitrogen and oxygen atoms in total. The summed E-state index contributed by atoms with van der Waals surface area (Å²) in [6, 6.07) is 8.08. The van der Waals surface area contributed by atoms with Gasteiger partial charge in [0, 0.05) is 18.3 Å². The van der Waals surface area contributed by atoms with E-state index >= 15 is 0 Å². The van der Waals surface area contributed by atoms with Crippen molar-refractivity contribution in [2.24, 2.45) is 0 Å². The number of unbranched alkanes of at least 4 members (excludes halogenated alkanes) is 15. The third kappa shape index (κ3) is 16.6. The van der Waals surface area contributed by atoms with E-state index in [9.17, 15) is 4.79 Å². The summed E-state index contributed by atoms with van der Waals surface area (Å²) in [5.74, 6) is -0.384. The van der Waals surface area contributed by atoms with Crippen LogP contribution in [0.25, 0.3) is 0 Å². The summed E-state index contributed by atoms with van der Waals surface area (Å²) in [6.45, 7) is 7.00. The van der Waals surface area contributed by atoms with Crippen molar-refractivity contribution in [2.75, 3.05) is 11.9 Å². The number of esters is 1. The first kappa shape index (κ1) is 27.3. The summed E-state index contributed by atoms with van der Waals surface area (Å²) in [5, 5.41) is 3.47. The van der Waals surface area contributed by atoms with E-state index in [1.807, 2.05) is 24.3 Å². The molecular weight excluding hydrogens is 382 g/mol. The predicted octanol–water partition coefficient (Wildman–Crippen LogP) is 8.59. The maximum absolute atomic E-state index is 11.1. The van der Waals surface area contributed by atoms with Gasteiger partial charge in [-0.2, -0.15) is 0 Å². The molecule has 0 heterocycles. The highest BCUT2D eigenvalue weighted by Crippen LogP contribution is 2.14. The van der Waals surface area contributed by atoms with Crippen LogP contribution < -0.4 is 5.32 Å². The van der Waals surface area contributed by atoms with E-state index in [0.29, 0.717) is 6.61 Å². The van der Waals surface area contributed by atoms with Gasteiger partial charge in [0.2, 0.25) is 0 Å². The quantitative estimate of drug-likeness (QED) is 0.121. The van der Waals surface area contributed by atoms with E-state index in [0.717, 1.165) is 17.8 Å². The maximum atomic E-state index is 11.1. The van der Waals surface area contributed by atoms with Gasteiger partial charge in [-0.15, -0.1) is 0 Å². The van der Waals surface area contributed by atoms with Gasteiger partial charge in [-0.25, -0.2) is 4.79 Å². The molecule has 0 saturated carbocycles. The molecule has 0 saturated heterocycles. The molecule has 1 N–H and O–H groups in total. The molecule has 0 spiro atoms. The van der Waals surface area contributed by atoms with Crippen molar-refractivity contribution in [3.8, 4) is 0 Å². The number of rotatable bonds is 21. The van der Waals surface area contributed by atoms with Crippen LogP contribution in [0, 0.1) is 0 Å². The summed E-state index contributed by atoms with van der Waals surface area (Å²) in [7, 11) is 0. The third-order valence-corrected chi connectivity index (χ3v) is 5.86. The van der Waals surface area contributed by atoms with Crippen LogP contribution >= 0.6 is 0 Å². The number of carbonyl (C=O) groups excluding carboxylic acids is 1. The molecule has 31 heavy (non-hydrogen) atoms. The van der Waals surface area contributed by atoms with E-state index in [1.54, 1.807) is 0 Å². The lowest BCUT2D eigenvalue weighted by Gasteiger charge is -2.08. The summed E-state index contributed by atoms with van der Waals surface area (Å²) >= 11 is 0. The van der Waals surface area contributed by atoms with Gasteiger partial charge in [-0.1, -0.05) is 122 Å². The maximum Gasteiger partial charge on any atom is 0.330 e. The number of carbonyl (C=O) groups is 1. The van der Waals surface area contributed by atoms with Gasteiger partial charge in [-0.05, 0) is 24.1 Å². The Bertz CT molecular complexity index is 553. The van der Waals surface area contributed by atoms with Crippen molar-refractivity contribution in [3.05, 3.63) is 42.5 Å². The van der Waals surface area contributed by atoms with Crippen LogP contribution in [0.15, 0.2) is 36.9 Å². The summed E-state index contributed by atoms with van der Waals surface area (Å²) in [4.78, 5) is 11.1. The average Bonchev–Trinajstić information content (AvgIpc) is 2.80. The molecule has 0 amide bonds. The van der Waals surface area contributed by atoms with Crippen molar-refractivity contribution in [1.82, 2.24) is 0 Å². The summed E-state index contributed by atoms with van der Waals surface area (Å²) < 4.78 is 5.04. The summed E-state index contributed by atoms with van der Waals surface area (Å²) in [6.07, 6.45) is 23.6. The smallest absolute Gasteiger partial charge is 0.330 e. The Morgan fingerprint density at radius 2 is 1.23 bits per heavy atom. The molecule has 3 heteroatoms. The average molecular weight is 430 g/mol. The molecule has 0 aliphatic heterocycles. The van der Waals surface area contributed by atoms with E-state index in [1.165, 1.54) is 109 Å². The molecule has 0 aliphatic carbocycles. The molecule has 0 aliphatic rings. The highest BCUT2D eigenvalue weighted by atomic mass is 16.5. The Morgan fingerprint density at radius 3 is 1.68 bits per heavy atom. The standard InChI is InChI=1S/C28H47NO2/c1-3-5-6-7-8-9-10-11-12-13-14-15-16-17-18-19-24-29-27-22-20-26(21-23-27)25-31-28(30)4-2/h4,20-23,29H,2-3,5-19,24-25H2,1H3. The minimum atomic E-state index is -0.384. The third-order valence-electron chi connectivity index (χ3n) is 5.86. The number of nitrogens with one attached hydrogen (secondary N) is 1. The Hall–Kier alpha value is -1.77. The molecular formula is C28H47NO2. The molecule has 0 atom stereocenters.